The predicted octanol–water partition coefficient (Wildman–Crippen LogP) is 1.40. The van der Waals surface area contributed by atoms with Crippen LogP contribution in [0.4, 0.5) is 17.3 Å². The molecular formula is C12H19N5O2. The fraction of sp³-hybridized carbons (Fsp3) is 0.583. The zero-order valence-corrected chi connectivity index (χ0v) is 11.2. The first-order valence-corrected chi connectivity index (χ1v) is 6.35. The summed E-state index contributed by atoms with van der Waals surface area (Å²) in [6, 6.07) is 2.90. The lowest BCUT2D eigenvalue weighted by Crippen LogP contribution is -2.19. The van der Waals surface area contributed by atoms with Gasteiger partial charge in [0.15, 0.2) is 0 Å². The number of aromatic nitrogens is 1. The van der Waals surface area contributed by atoms with Gasteiger partial charge in [-0.1, -0.05) is 0 Å². The minimum atomic E-state index is -0.406. The molecule has 7 heteroatoms. The Morgan fingerprint density at radius 2 is 2.26 bits per heavy atom. The predicted molar refractivity (Wildman–Crippen MR) is 74.5 cm³/mol. The van der Waals surface area contributed by atoms with Crippen LogP contribution in [-0.2, 0) is 0 Å². The molecule has 1 aromatic rings. The Bertz CT molecular complexity index is 465. The highest BCUT2D eigenvalue weighted by molar-refractivity contribution is 5.54. The smallest absolute Gasteiger partial charge is 0.276 e. The highest BCUT2D eigenvalue weighted by Gasteiger charge is 2.19. The molecule has 1 atom stereocenters. The second-order valence-corrected chi connectivity index (χ2v) is 4.90. The molecule has 0 aromatic carbocycles. The Hall–Kier alpha value is -1.89. The summed E-state index contributed by atoms with van der Waals surface area (Å²) in [7, 11) is 3.80. The van der Waals surface area contributed by atoms with Crippen LogP contribution in [0.2, 0.25) is 0 Å². The van der Waals surface area contributed by atoms with Crippen molar-refractivity contribution in [2.75, 3.05) is 44.4 Å². The zero-order valence-electron chi connectivity index (χ0n) is 11.2. The molecule has 2 heterocycles. The van der Waals surface area contributed by atoms with Crippen LogP contribution in [0.25, 0.3) is 0 Å². The lowest BCUT2D eigenvalue weighted by Gasteiger charge is -2.12. The summed E-state index contributed by atoms with van der Waals surface area (Å²) in [5, 5.41) is 16.9. The molecule has 1 unspecified atom stereocenters. The van der Waals surface area contributed by atoms with Crippen LogP contribution in [-0.4, -0.2) is 48.5 Å². The third-order valence-electron chi connectivity index (χ3n) is 3.34. The molecule has 0 aliphatic carbocycles. The van der Waals surface area contributed by atoms with Gasteiger partial charge in [-0.15, -0.1) is 0 Å². The van der Waals surface area contributed by atoms with Crippen molar-refractivity contribution in [1.82, 2.24) is 9.88 Å². The van der Waals surface area contributed by atoms with E-state index in [1.54, 1.807) is 7.05 Å². The maximum absolute atomic E-state index is 10.8. The molecule has 0 radical (unpaired) electrons. The molecule has 7 nitrogen and oxygen atoms in total. The van der Waals surface area contributed by atoms with Crippen LogP contribution in [0.3, 0.4) is 0 Å². The molecule has 2 N–H and O–H groups in total. The normalized spacial score (nSPS) is 19.4. The molecule has 19 heavy (non-hydrogen) atoms. The van der Waals surface area contributed by atoms with E-state index in [0.29, 0.717) is 17.6 Å². The molecule has 0 amide bonds. The molecule has 2 rings (SSSR count). The van der Waals surface area contributed by atoms with E-state index in [9.17, 15) is 10.1 Å². The van der Waals surface area contributed by atoms with E-state index in [1.807, 2.05) is 0 Å². The summed E-state index contributed by atoms with van der Waals surface area (Å²) in [6.45, 7) is 2.96. The van der Waals surface area contributed by atoms with Gasteiger partial charge in [-0.3, -0.25) is 10.1 Å². The molecule has 104 valence electrons. The fourth-order valence-electron chi connectivity index (χ4n) is 2.28. The largest absolute Gasteiger partial charge is 0.373 e. The van der Waals surface area contributed by atoms with Gasteiger partial charge in [0, 0.05) is 20.1 Å². The number of nitrogens with one attached hydrogen (secondary N) is 2. The Labute approximate surface area is 112 Å². The van der Waals surface area contributed by atoms with Gasteiger partial charge in [0.05, 0.1) is 17.1 Å². The Balaban J connectivity index is 2.02. The minimum Gasteiger partial charge on any atom is -0.373 e. The summed E-state index contributed by atoms with van der Waals surface area (Å²) < 4.78 is 0. The van der Waals surface area contributed by atoms with E-state index < -0.39 is 4.92 Å². The van der Waals surface area contributed by atoms with Crippen molar-refractivity contribution in [2.45, 2.75) is 6.42 Å². The number of nitro groups is 1. The van der Waals surface area contributed by atoms with E-state index in [1.165, 1.54) is 12.1 Å². The monoisotopic (exact) mass is 265 g/mol. The summed E-state index contributed by atoms with van der Waals surface area (Å²) >= 11 is 0. The summed E-state index contributed by atoms with van der Waals surface area (Å²) in [5.41, 5.74) is 0.0467. The Morgan fingerprint density at radius 1 is 1.53 bits per heavy atom. The molecule has 1 aliphatic heterocycles. The number of pyridine rings is 1. The van der Waals surface area contributed by atoms with Gasteiger partial charge in [0.2, 0.25) is 0 Å². The van der Waals surface area contributed by atoms with Crippen molar-refractivity contribution in [3.8, 4) is 0 Å². The van der Waals surface area contributed by atoms with Gasteiger partial charge in [0.1, 0.15) is 11.6 Å². The number of likely N-dealkylation sites (tertiary alicyclic amines) is 1. The SMILES string of the molecule is CNc1cc([N+](=O)[O-])cc(NCC2CCN(C)C2)n1. The van der Waals surface area contributed by atoms with E-state index in [4.69, 9.17) is 0 Å². The third kappa shape index (κ3) is 3.54. The van der Waals surface area contributed by atoms with Crippen molar-refractivity contribution >= 4 is 17.3 Å². The maximum Gasteiger partial charge on any atom is 0.276 e. The maximum atomic E-state index is 10.8. The quantitative estimate of drug-likeness (QED) is 0.618. The number of hydrogen-bond acceptors (Lipinski definition) is 6. The first kappa shape index (κ1) is 13.5. The molecule has 1 saturated heterocycles. The van der Waals surface area contributed by atoms with E-state index in [2.05, 4.69) is 27.6 Å². The van der Waals surface area contributed by atoms with Crippen LogP contribution in [0.5, 0.6) is 0 Å². The van der Waals surface area contributed by atoms with Crippen molar-refractivity contribution in [1.29, 1.82) is 0 Å². The highest BCUT2D eigenvalue weighted by Crippen LogP contribution is 2.21. The second kappa shape index (κ2) is 5.83. The highest BCUT2D eigenvalue weighted by atomic mass is 16.6. The molecule has 1 aromatic heterocycles. The summed E-state index contributed by atoms with van der Waals surface area (Å²) in [6.07, 6.45) is 1.15. The van der Waals surface area contributed by atoms with Gasteiger partial charge in [-0.05, 0) is 25.9 Å². The summed E-state index contributed by atoms with van der Waals surface area (Å²) in [5.74, 6) is 1.62. The Morgan fingerprint density at radius 3 is 2.84 bits per heavy atom. The average molecular weight is 265 g/mol. The standard InChI is InChI=1S/C12H19N5O2/c1-13-11-5-10(17(18)19)6-12(15-11)14-7-9-3-4-16(2)8-9/h5-6,9H,3-4,7-8H2,1-2H3,(H2,13,14,15). The Kier molecular flexibility index (Phi) is 4.16. The van der Waals surface area contributed by atoms with Crippen molar-refractivity contribution in [3.05, 3.63) is 22.2 Å². The van der Waals surface area contributed by atoms with Crippen LogP contribution in [0.15, 0.2) is 12.1 Å². The topological polar surface area (TPSA) is 83.3 Å². The number of rotatable bonds is 5. The van der Waals surface area contributed by atoms with Gasteiger partial charge < -0.3 is 15.5 Å². The number of nitrogens with zero attached hydrogens (tertiary/aromatic N) is 3. The molecular weight excluding hydrogens is 246 g/mol. The van der Waals surface area contributed by atoms with Crippen LogP contribution in [0.1, 0.15) is 6.42 Å². The molecule has 0 bridgehead atoms. The number of anilines is 2. The molecule has 0 spiro atoms. The van der Waals surface area contributed by atoms with Crippen molar-refractivity contribution in [2.24, 2.45) is 5.92 Å². The van der Waals surface area contributed by atoms with Gasteiger partial charge in [-0.25, -0.2) is 4.98 Å². The molecule has 1 aliphatic rings. The van der Waals surface area contributed by atoms with E-state index >= 15 is 0 Å². The minimum absolute atomic E-state index is 0.0467. The molecule has 1 fully saturated rings. The van der Waals surface area contributed by atoms with Gasteiger partial charge in [-0.2, -0.15) is 0 Å². The van der Waals surface area contributed by atoms with E-state index in [0.717, 1.165) is 26.1 Å². The lowest BCUT2D eigenvalue weighted by molar-refractivity contribution is -0.384. The van der Waals surface area contributed by atoms with Crippen LogP contribution < -0.4 is 10.6 Å². The first-order valence-electron chi connectivity index (χ1n) is 6.35. The number of hydrogen-bond donors (Lipinski definition) is 2. The van der Waals surface area contributed by atoms with E-state index in [-0.39, 0.29) is 5.69 Å². The first-order chi connectivity index (χ1) is 9.08. The van der Waals surface area contributed by atoms with Crippen LogP contribution >= 0.6 is 0 Å². The van der Waals surface area contributed by atoms with Gasteiger partial charge >= 0.3 is 0 Å². The van der Waals surface area contributed by atoms with Crippen molar-refractivity contribution < 1.29 is 4.92 Å². The van der Waals surface area contributed by atoms with Gasteiger partial charge in [0.25, 0.3) is 5.69 Å². The fourth-order valence-corrected chi connectivity index (χ4v) is 2.28. The summed E-state index contributed by atoms with van der Waals surface area (Å²) in [4.78, 5) is 17.0. The van der Waals surface area contributed by atoms with Crippen LogP contribution in [0, 0.1) is 16.0 Å². The lowest BCUT2D eigenvalue weighted by atomic mass is 10.1. The van der Waals surface area contributed by atoms with Crippen molar-refractivity contribution in [3.63, 3.8) is 0 Å². The third-order valence-corrected chi connectivity index (χ3v) is 3.34. The average Bonchev–Trinajstić information content (AvgIpc) is 2.81. The second-order valence-electron chi connectivity index (χ2n) is 4.90. The molecule has 0 saturated carbocycles. The zero-order chi connectivity index (χ0) is 13.8.